The topological polar surface area (TPSA) is 41.6 Å². The Labute approximate surface area is 163 Å². The van der Waals surface area contributed by atoms with Gasteiger partial charge in [-0.05, 0) is 48.5 Å². The molecule has 0 saturated carbocycles. The first-order chi connectivity index (χ1) is 13.2. The summed E-state index contributed by atoms with van der Waals surface area (Å²) in [6.07, 6.45) is 3.47. The van der Waals surface area contributed by atoms with E-state index in [0.29, 0.717) is 0 Å². The molecular formula is C22H20FN3S. The molecule has 0 aliphatic heterocycles. The third kappa shape index (κ3) is 4.26. The summed E-state index contributed by atoms with van der Waals surface area (Å²) in [6, 6.07) is 18.0. The lowest BCUT2D eigenvalue weighted by molar-refractivity contribution is 0.628. The number of benzene rings is 2. The molecule has 2 aromatic carbocycles. The van der Waals surface area contributed by atoms with E-state index in [-0.39, 0.29) is 5.82 Å². The van der Waals surface area contributed by atoms with Crippen LogP contribution in [-0.2, 0) is 0 Å². The van der Waals surface area contributed by atoms with Crippen molar-refractivity contribution in [3.63, 3.8) is 0 Å². The normalized spacial score (nSPS) is 10.2. The summed E-state index contributed by atoms with van der Waals surface area (Å²) in [7, 11) is 0. The standard InChI is InChI=1S/C20H14FN3S.C2H6/c21-16-5-1-13(2-6-16)18-19(14-9-11-22-12-10-14)24-20(23-18)15-3-7-17(25)8-4-15;1-2/h1-12,25H,(H,23,24);1-2H3. The Morgan fingerprint density at radius 2 is 1.37 bits per heavy atom. The molecule has 0 atom stereocenters. The number of halogens is 1. The molecule has 0 radical (unpaired) electrons. The summed E-state index contributed by atoms with van der Waals surface area (Å²) >= 11 is 4.32. The van der Waals surface area contributed by atoms with Crippen molar-refractivity contribution in [1.82, 2.24) is 15.0 Å². The molecule has 2 heterocycles. The summed E-state index contributed by atoms with van der Waals surface area (Å²) < 4.78 is 13.3. The lowest BCUT2D eigenvalue weighted by atomic mass is 10.1. The second-order valence-corrected chi connectivity index (χ2v) is 6.12. The van der Waals surface area contributed by atoms with Gasteiger partial charge in [0.05, 0.1) is 11.4 Å². The second kappa shape index (κ2) is 8.64. The molecule has 0 unspecified atom stereocenters. The van der Waals surface area contributed by atoms with Crippen LogP contribution in [0.5, 0.6) is 0 Å². The van der Waals surface area contributed by atoms with Crippen LogP contribution in [0.2, 0.25) is 0 Å². The maximum atomic E-state index is 13.3. The minimum atomic E-state index is -0.269. The average Bonchev–Trinajstić information content (AvgIpc) is 3.17. The predicted octanol–water partition coefficient (Wildman–Crippen LogP) is 6.26. The van der Waals surface area contributed by atoms with E-state index in [4.69, 9.17) is 4.98 Å². The molecule has 1 N–H and O–H groups in total. The van der Waals surface area contributed by atoms with Crippen LogP contribution in [-0.4, -0.2) is 15.0 Å². The number of imidazole rings is 1. The lowest BCUT2D eigenvalue weighted by Gasteiger charge is -2.02. The highest BCUT2D eigenvalue weighted by molar-refractivity contribution is 7.80. The Morgan fingerprint density at radius 1 is 0.778 bits per heavy atom. The Hall–Kier alpha value is -2.92. The summed E-state index contributed by atoms with van der Waals surface area (Å²) in [6.45, 7) is 4.00. The van der Waals surface area contributed by atoms with E-state index in [0.717, 1.165) is 38.8 Å². The van der Waals surface area contributed by atoms with Gasteiger partial charge in [0.2, 0.25) is 0 Å². The van der Waals surface area contributed by atoms with E-state index in [2.05, 4.69) is 22.6 Å². The van der Waals surface area contributed by atoms with Gasteiger partial charge in [0.15, 0.2) is 0 Å². The van der Waals surface area contributed by atoms with E-state index in [1.165, 1.54) is 12.1 Å². The number of aromatic nitrogens is 3. The van der Waals surface area contributed by atoms with Crippen molar-refractivity contribution >= 4 is 12.6 Å². The van der Waals surface area contributed by atoms with Gasteiger partial charge in [-0.25, -0.2) is 9.37 Å². The molecule has 0 bridgehead atoms. The SMILES string of the molecule is CC.Fc1ccc(-c2nc(-c3ccc(S)cc3)[nH]c2-c2ccncc2)cc1. The zero-order valence-electron chi connectivity index (χ0n) is 15.1. The van der Waals surface area contributed by atoms with Gasteiger partial charge in [-0.1, -0.05) is 26.0 Å². The van der Waals surface area contributed by atoms with Gasteiger partial charge in [-0.3, -0.25) is 4.98 Å². The molecule has 4 rings (SSSR count). The molecule has 0 amide bonds. The van der Waals surface area contributed by atoms with Crippen molar-refractivity contribution in [3.05, 3.63) is 78.9 Å². The fourth-order valence-electron chi connectivity index (χ4n) is 2.67. The number of thiol groups is 1. The van der Waals surface area contributed by atoms with E-state index in [9.17, 15) is 4.39 Å². The van der Waals surface area contributed by atoms with E-state index < -0.39 is 0 Å². The second-order valence-electron chi connectivity index (χ2n) is 5.60. The smallest absolute Gasteiger partial charge is 0.138 e. The van der Waals surface area contributed by atoms with Crippen molar-refractivity contribution < 1.29 is 4.39 Å². The monoisotopic (exact) mass is 377 g/mol. The van der Waals surface area contributed by atoms with Crippen LogP contribution in [0.3, 0.4) is 0 Å². The van der Waals surface area contributed by atoms with Crippen LogP contribution in [0.15, 0.2) is 78.0 Å². The van der Waals surface area contributed by atoms with Gasteiger partial charge < -0.3 is 4.98 Å². The summed E-state index contributed by atoms with van der Waals surface area (Å²) in [5, 5.41) is 0. The van der Waals surface area contributed by atoms with Crippen LogP contribution in [0.1, 0.15) is 13.8 Å². The van der Waals surface area contributed by atoms with Gasteiger partial charge >= 0.3 is 0 Å². The number of H-pyrrole nitrogens is 1. The average molecular weight is 377 g/mol. The first-order valence-corrected chi connectivity index (χ1v) is 9.21. The van der Waals surface area contributed by atoms with Crippen molar-refractivity contribution in [2.75, 3.05) is 0 Å². The van der Waals surface area contributed by atoms with Gasteiger partial charge in [0, 0.05) is 34.0 Å². The molecule has 5 heteroatoms. The number of hydrogen-bond acceptors (Lipinski definition) is 3. The first kappa shape index (κ1) is 18.9. The van der Waals surface area contributed by atoms with E-state index >= 15 is 0 Å². The molecule has 3 nitrogen and oxygen atoms in total. The van der Waals surface area contributed by atoms with Gasteiger partial charge in [-0.2, -0.15) is 0 Å². The van der Waals surface area contributed by atoms with Crippen LogP contribution >= 0.6 is 12.6 Å². The highest BCUT2D eigenvalue weighted by atomic mass is 32.1. The Bertz CT molecular complexity index is 994. The minimum Gasteiger partial charge on any atom is -0.337 e. The maximum absolute atomic E-state index is 13.3. The molecule has 27 heavy (non-hydrogen) atoms. The lowest BCUT2D eigenvalue weighted by Crippen LogP contribution is -1.84. The van der Waals surface area contributed by atoms with Gasteiger partial charge in [0.25, 0.3) is 0 Å². The zero-order valence-corrected chi connectivity index (χ0v) is 16.0. The number of pyridine rings is 1. The fourth-order valence-corrected chi connectivity index (χ4v) is 2.82. The molecule has 0 saturated heterocycles. The Morgan fingerprint density at radius 3 is 2.00 bits per heavy atom. The van der Waals surface area contributed by atoms with Crippen molar-refractivity contribution in [3.8, 4) is 33.9 Å². The molecule has 2 aromatic heterocycles. The highest BCUT2D eigenvalue weighted by Crippen LogP contribution is 2.33. The molecular weight excluding hydrogens is 357 g/mol. The van der Waals surface area contributed by atoms with Crippen LogP contribution in [0.4, 0.5) is 4.39 Å². The van der Waals surface area contributed by atoms with E-state index in [1.807, 2.05) is 50.2 Å². The number of nitrogens with one attached hydrogen (secondary N) is 1. The minimum absolute atomic E-state index is 0.269. The Kier molecular flexibility index (Phi) is 6.04. The van der Waals surface area contributed by atoms with Crippen molar-refractivity contribution in [2.24, 2.45) is 0 Å². The molecule has 0 fully saturated rings. The molecule has 0 spiro atoms. The molecule has 136 valence electrons. The fraction of sp³-hybridized carbons (Fsp3) is 0.0909. The number of aromatic amines is 1. The van der Waals surface area contributed by atoms with Crippen molar-refractivity contribution in [1.29, 1.82) is 0 Å². The zero-order chi connectivity index (χ0) is 19.2. The Balaban J connectivity index is 0.00000102. The summed E-state index contributed by atoms with van der Waals surface area (Å²) in [4.78, 5) is 13.1. The third-order valence-corrected chi connectivity index (χ3v) is 4.23. The third-order valence-electron chi connectivity index (χ3n) is 3.93. The number of rotatable bonds is 3. The van der Waals surface area contributed by atoms with Crippen LogP contribution < -0.4 is 0 Å². The number of hydrogen-bond donors (Lipinski definition) is 2. The first-order valence-electron chi connectivity index (χ1n) is 8.76. The van der Waals surface area contributed by atoms with Gasteiger partial charge in [-0.15, -0.1) is 12.6 Å². The largest absolute Gasteiger partial charge is 0.337 e. The predicted molar refractivity (Wildman–Crippen MR) is 111 cm³/mol. The van der Waals surface area contributed by atoms with Crippen LogP contribution in [0, 0.1) is 5.82 Å². The molecule has 0 aliphatic carbocycles. The van der Waals surface area contributed by atoms with Gasteiger partial charge in [0.1, 0.15) is 11.6 Å². The van der Waals surface area contributed by atoms with E-state index in [1.54, 1.807) is 24.5 Å². The molecule has 0 aliphatic rings. The maximum Gasteiger partial charge on any atom is 0.138 e. The van der Waals surface area contributed by atoms with Crippen LogP contribution in [0.25, 0.3) is 33.9 Å². The highest BCUT2D eigenvalue weighted by Gasteiger charge is 2.15. The van der Waals surface area contributed by atoms with Crippen molar-refractivity contribution in [2.45, 2.75) is 18.7 Å². The summed E-state index contributed by atoms with van der Waals surface area (Å²) in [5.74, 6) is 0.480. The quantitative estimate of drug-likeness (QED) is 0.414. The summed E-state index contributed by atoms with van der Waals surface area (Å²) in [5.41, 5.74) is 4.43. The molecule has 4 aromatic rings. The number of nitrogens with zero attached hydrogens (tertiary/aromatic N) is 2.